The predicted octanol–water partition coefficient (Wildman–Crippen LogP) is 1.58. The summed E-state index contributed by atoms with van der Waals surface area (Å²) in [6, 6.07) is 0.192. The zero-order chi connectivity index (χ0) is 10.7. The van der Waals surface area contributed by atoms with E-state index in [0.717, 1.165) is 38.5 Å². The van der Waals surface area contributed by atoms with Gasteiger partial charge in [0.1, 0.15) is 0 Å². The van der Waals surface area contributed by atoms with Crippen molar-refractivity contribution in [2.24, 2.45) is 5.73 Å². The molecule has 2 aliphatic rings. The molecule has 0 amide bonds. The molecule has 0 aromatic carbocycles. The molecule has 3 N–H and O–H groups in total. The van der Waals surface area contributed by atoms with Crippen LogP contribution in [0.15, 0.2) is 0 Å². The van der Waals surface area contributed by atoms with Crippen molar-refractivity contribution in [2.75, 3.05) is 6.61 Å². The van der Waals surface area contributed by atoms with Crippen LogP contribution in [0.4, 0.5) is 0 Å². The van der Waals surface area contributed by atoms with E-state index in [0.29, 0.717) is 6.61 Å². The van der Waals surface area contributed by atoms with Gasteiger partial charge in [-0.05, 0) is 32.1 Å². The Morgan fingerprint density at radius 1 is 1.13 bits per heavy atom. The van der Waals surface area contributed by atoms with Gasteiger partial charge in [-0.2, -0.15) is 0 Å². The van der Waals surface area contributed by atoms with Crippen LogP contribution in [0.1, 0.15) is 51.4 Å². The summed E-state index contributed by atoms with van der Waals surface area (Å²) in [5, 5.41) is 10.3. The van der Waals surface area contributed by atoms with Crippen molar-refractivity contribution in [3.8, 4) is 0 Å². The van der Waals surface area contributed by atoms with Gasteiger partial charge in [0.05, 0.1) is 18.3 Å². The number of nitrogens with two attached hydrogens (primary N) is 1. The summed E-state index contributed by atoms with van der Waals surface area (Å²) in [5.74, 6) is 0. The number of hydrogen-bond donors (Lipinski definition) is 2. The van der Waals surface area contributed by atoms with Crippen LogP contribution >= 0.6 is 0 Å². The van der Waals surface area contributed by atoms with Crippen molar-refractivity contribution in [2.45, 2.75) is 69.1 Å². The monoisotopic (exact) mass is 213 g/mol. The minimum Gasteiger partial charge on any atom is -0.387 e. The predicted molar refractivity (Wildman–Crippen MR) is 59.6 cm³/mol. The van der Waals surface area contributed by atoms with E-state index in [1.165, 1.54) is 12.8 Å². The maximum Gasteiger partial charge on any atom is 0.0880 e. The normalized spacial score (nSPS) is 35.6. The molecule has 0 bridgehead atoms. The van der Waals surface area contributed by atoms with Gasteiger partial charge >= 0.3 is 0 Å². The molecule has 3 heteroatoms. The van der Waals surface area contributed by atoms with E-state index in [1.54, 1.807) is 0 Å². The molecular formula is C12H23NO2. The van der Waals surface area contributed by atoms with E-state index in [2.05, 4.69) is 0 Å². The van der Waals surface area contributed by atoms with E-state index < -0.39 is 5.60 Å². The maximum atomic E-state index is 10.3. The average molecular weight is 213 g/mol. The van der Waals surface area contributed by atoms with Crippen LogP contribution in [0.2, 0.25) is 0 Å². The summed E-state index contributed by atoms with van der Waals surface area (Å²) in [7, 11) is 0. The van der Waals surface area contributed by atoms with Crippen LogP contribution < -0.4 is 5.73 Å². The van der Waals surface area contributed by atoms with Crippen LogP contribution in [0.3, 0.4) is 0 Å². The Balaban J connectivity index is 1.76. The molecule has 3 nitrogen and oxygen atoms in total. The van der Waals surface area contributed by atoms with Crippen LogP contribution in [0.5, 0.6) is 0 Å². The number of ether oxygens (including phenoxy) is 1. The molecule has 2 fully saturated rings. The van der Waals surface area contributed by atoms with Gasteiger partial charge in [-0.25, -0.2) is 0 Å². The zero-order valence-electron chi connectivity index (χ0n) is 9.45. The second-order valence-corrected chi connectivity index (χ2v) is 5.23. The number of aliphatic hydroxyl groups is 1. The third-order valence-electron chi connectivity index (χ3n) is 3.85. The first-order chi connectivity index (χ1) is 7.20. The van der Waals surface area contributed by atoms with Crippen LogP contribution in [-0.4, -0.2) is 29.5 Å². The molecule has 0 radical (unpaired) electrons. The number of rotatable bonds is 3. The van der Waals surface area contributed by atoms with Crippen molar-refractivity contribution in [3.05, 3.63) is 0 Å². The topological polar surface area (TPSA) is 55.5 Å². The fraction of sp³-hybridized carbons (Fsp3) is 1.00. The largest absolute Gasteiger partial charge is 0.387 e. The Bertz CT molecular complexity index is 202. The standard InChI is InChI=1S/C12H23NO2/c13-10-5-4-6-11(10)15-9-12(14)7-2-1-3-8-12/h10-11,14H,1-9,13H2. The molecule has 2 atom stereocenters. The van der Waals surface area contributed by atoms with Crippen molar-refractivity contribution >= 4 is 0 Å². The molecule has 0 spiro atoms. The molecule has 2 rings (SSSR count). The summed E-state index contributed by atoms with van der Waals surface area (Å²) in [4.78, 5) is 0. The molecule has 0 aliphatic heterocycles. The second kappa shape index (κ2) is 4.81. The van der Waals surface area contributed by atoms with Crippen molar-refractivity contribution in [1.29, 1.82) is 0 Å². The summed E-state index contributed by atoms with van der Waals surface area (Å²) < 4.78 is 5.78. The molecule has 0 aromatic rings. The maximum absolute atomic E-state index is 10.3. The smallest absolute Gasteiger partial charge is 0.0880 e. The van der Waals surface area contributed by atoms with E-state index in [1.807, 2.05) is 0 Å². The fourth-order valence-corrected chi connectivity index (χ4v) is 2.78. The van der Waals surface area contributed by atoms with Crippen LogP contribution in [0.25, 0.3) is 0 Å². The van der Waals surface area contributed by atoms with Crippen LogP contribution in [-0.2, 0) is 4.74 Å². The van der Waals surface area contributed by atoms with Crippen molar-refractivity contribution in [3.63, 3.8) is 0 Å². The Kier molecular flexibility index (Phi) is 3.65. The highest BCUT2D eigenvalue weighted by atomic mass is 16.5. The Morgan fingerprint density at radius 3 is 2.47 bits per heavy atom. The van der Waals surface area contributed by atoms with Crippen molar-refractivity contribution in [1.82, 2.24) is 0 Å². The summed E-state index contributed by atoms with van der Waals surface area (Å²) in [5.41, 5.74) is 5.38. The molecule has 0 saturated heterocycles. The lowest BCUT2D eigenvalue weighted by molar-refractivity contribution is -0.0916. The highest BCUT2D eigenvalue weighted by molar-refractivity contribution is 4.85. The van der Waals surface area contributed by atoms with E-state index >= 15 is 0 Å². The lowest BCUT2D eigenvalue weighted by Gasteiger charge is -2.33. The molecule has 2 aliphatic carbocycles. The molecule has 0 heterocycles. The van der Waals surface area contributed by atoms with Gasteiger partial charge in [0, 0.05) is 6.04 Å². The summed E-state index contributed by atoms with van der Waals surface area (Å²) in [6.07, 6.45) is 8.82. The zero-order valence-corrected chi connectivity index (χ0v) is 9.45. The first kappa shape index (κ1) is 11.4. The lowest BCUT2D eigenvalue weighted by Crippen LogP contribution is -2.41. The van der Waals surface area contributed by atoms with E-state index in [9.17, 15) is 5.11 Å². The molecule has 2 saturated carbocycles. The van der Waals surface area contributed by atoms with Gasteiger partial charge in [0.2, 0.25) is 0 Å². The van der Waals surface area contributed by atoms with Gasteiger partial charge in [-0.3, -0.25) is 0 Å². The van der Waals surface area contributed by atoms with Gasteiger partial charge in [-0.15, -0.1) is 0 Å². The quantitative estimate of drug-likeness (QED) is 0.748. The summed E-state index contributed by atoms with van der Waals surface area (Å²) >= 11 is 0. The third kappa shape index (κ3) is 2.92. The summed E-state index contributed by atoms with van der Waals surface area (Å²) in [6.45, 7) is 0.491. The average Bonchev–Trinajstić information content (AvgIpc) is 2.62. The SMILES string of the molecule is NC1CCCC1OCC1(O)CCCCC1. The Morgan fingerprint density at radius 2 is 1.87 bits per heavy atom. The van der Waals surface area contributed by atoms with Gasteiger partial charge < -0.3 is 15.6 Å². The minimum atomic E-state index is -0.555. The van der Waals surface area contributed by atoms with Crippen LogP contribution in [0, 0.1) is 0 Å². The first-order valence-corrected chi connectivity index (χ1v) is 6.29. The van der Waals surface area contributed by atoms with Gasteiger partial charge in [0.15, 0.2) is 0 Å². The second-order valence-electron chi connectivity index (χ2n) is 5.23. The number of hydrogen-bond acceptors (Lipinski definition) is 3. The first-order valence-electron chi connectivity index (χ1n) is 6.29. The molecule has 0 aromatic heterocycles. The highest BCUT2D eigenvalue weighted by Crippen LogP contribution is 2.30. The van der Waals surface area contributed by atoms with Gasteiger partial charge in [-0.1, -0.05) is 19.3 Å². The minimum absolute atomic E-state index is 0.191. The fourth-order valence-electron chi connectivity index (χ4n) is 2.78. The Labute approximate surface area is 92.0 Å². The molecule has 88 valence electrons. The Hall–Kier alpha value is -0.120. The third-order valence-corrected chi connectivity index (χ3v) is 3.85. The van der Waals surface area contributed by atoms with E-state index in [4.69, 9.17) is 10.5 Å². The van der Waals surface area contributed by atoms with Gasteiger partial charge in [0.25, 0.3) is 0 Å². The van der Waals surface area contributed by atoms with E-state index in [-0.39, 0.29) is 12.1 Å². The lowest BCUT2D eigenvalue weighted by atomic mass is 9.85. The molecular weight excluding hydrogens is 190 g/mol. The van der Waals surface area contributed by atoms with Crippen molar-refractivity contribution < 1.29 is 9.84 Å². The molecule has 2 unspecified atom stereocenters. The molecule has 15 heavy (non-hydrogen) atoms. The highest BCUT2D eigenvalue weighted by Gasteiger charge is 2.32.